The fourth-order valence-corrected chi connectivity index (χ4v) is 0.906. The molecule has 3 nitrogen and oxygen atoms in total. The van der Waals surface area contributed by atoms with Crippen molar-refractivity contribution >= 4 is 6.16 Å². The van der Waals surface area contributed by atoms with Crippen molar-refractivity contribution in [3.05, 3.63) is 0 Å². The zero-order valence-corrected chi connectivity index (χ0v) is 6.85. The highest BCUT2D eigenvalue weighted by atomic mass is 19.4. The average Bonchev–Trinajstić information content (AvgIpc) is 2.45. The van der Waals surface area contributed by atoms with Crippen LogP contribution in [0.5, 0.6) is 0 Å². The first-order chi connectivity index (χ1) is 6.70. The second kappa shape index (κ2) is 3.25. The van der Waals surface area contributed by atoms with E-state index < -0.39 is 30.5 Å². The number of cyclic esters (lactones) is 2. The molecule has 1 heterocycles. The lowest BCUT2D eigenvalue weighted by Crippen LogP contribution is -2.51. The van der Waals surface area contributed by atoms with Crippen LogP contribution >= 0.6 is 0 Å². The van der Waals surface area contributed by atoms with Crippen LogP contribution in [-0.4, -0.2) is 30.5 Å². The van der Waals surface area contributed by atoms with E-state index in [0.29, 0.717) is 0 Å². The molecule has 2 atom stereocenters. The van der Waals surface area contributed by atoms with E-state index in [9.17, 15) is 26.7 Å². The Bertz CT molecular complexity index is 316. The summed E-state index contributed by atoms with van der Waals surface area (Å²) in [7, 11) is 0. The Morgan fingerprint density at radius 2 is 1.73 bits per heavy atom. The van der Waals surface area contributed by atoms with E-state index in [1.165, 1.54) is 5.92 Å². The van der Waals surface area contributed by atoms with E-state index in [-0.39, 0.29) is 0 Å². The predicted octanol–water partition coefficient (Wildman–Crippen LogP) is 1.72. The molecule has 0 saturated carbocycles. The second-order valence-corrected chi connectivity index (χ2v) is 2.61. The van der Waals surface area contributed by atoms with Gasteiger partial charge in [0.1, 0.15) is 0 Å². The molecule has 0 bridgehead atoms. The van der Waals surface area contributed by atoms with Crippen LogP contribution in [0.1, 0.15) is 0 Å². The Labute approximate surface area is 80.1 Å². The van der Waals surface area contributed by atoms with Crippen molar-refractivity contribution in [2.24, 2.45) is 0 Å². The van der Waals surface area contributed by atoms with Crippen molar-refractivity contribution in [3.8, 4) is 12.3 Å². The Balaban J connectivity index is 2.98. The van der Waals surface area contributed by atoms with Gasteiger partial charge in [0.2, 0.25) is 12.2 Å². The zero-order chi connectivity index (χ0) is 11.9. The van der Waals surface area contributed by atoms with Crippen molar-refractivity contribution in [1.29, 1.82) is 0 Å². The summed E-state index contributed by atoms with van der Waals surface area (Å²) in [6.45, 7) is 0. The monoisotopic (exact) mass is 230 g/mol. The van der Waals surface area contributed by atoms with Gasteiger partial charge in [-0.1, -0.05) is 5.92 Å². The fourth-order valence-electron chi connectivity index (χ4n) is 0.906. The van der Waals surface area contributed by atoms with Gasteiger partial charge in [0, 0.05) is 0 Å². The number of rotatable bonds is 1. The van der Waals surface area contributed by atoms with Crippen molar-refractivity contribution in [3.63, 3.8) is 0 Å². The first kappa shape index (κ1) is 11.6. The first-order valence-electron chi connectivity index (χ1n) is 3.48. The van der Waals surface area contributed by atoms with Gasteiger partial charge in [-0.25, -0.2) is 4.79 Å². The van der Waals surface area contributed by atoms with Crippen molar-refractivity contribution < 1.29 is 36.2 Å². The van der Waals surface area contributed by atoms with Crippen LogP contribution in [0.2, 0.25) is 0 Å². The average molecular weight is 230 g/mol. The maximum absolute atomic E-state index is 12.7. The molecule has 0 aromatic rings. The summed E-state index contributed by atoms with van der Waals surface area (Å²) < 4.78 is 68.5. The lowest BCUT2D eigenvalue weighted by molar-refractivity contribution is -0.310. The van der Waals surface area contributed by atoms with E-state index in [4.69, 9.17) is 0 Å². The molecule has 1 fully saturated rings. The molecule has 0 aliphatic carbocycles. The van der Waals surface area contributed by atoms with Crippen LogP contribution in [0.4, 0.5) is 26.7 Å². The van der Waals surface area contributed by atoms with Gasteiger partial charge in [-0.2, -0.15) is 22.0 Å². The largest absolute Gasteiger partial charge is 0.510 e. The Morgan fingerprint density at radius 1 is 1.20 bits per heavy atom. The lowest BCUT2D eigenvalue weighted by atomic mass is 10.1. The summed E-state index contributed by atoms with van der Waals surface area (Å²) in [5.41, 5.74) is 0. The molecule has 0 aromatic heterocycles. The van der Waals surface area contributed by atoms with Gasteiger partial charge in [0.25, 0.3) is 0 Å². The minimum absolute atomic E-state index is 1.47. The third-order valence-corrected chi connectivity index (χ3v) is 1.62. The van der Waals surface area contributed by atoms with E-state index in [2.05, 4.69) is 15.9 Å². The summed E-state index contributed by atoms with van der Waals surface area (Å²) in [5, 5.41) is 0. The Morgan fingerprint density at radius 3 is 2.13 bits per heavy atom. The van der Waals surface area contributed by atoms with Crippen LogP contribution < -0.4 is 0 Å². The highest BCUT2D eigenvalue weighted by molar-refractivity contribution is 5.63. The molecular formula is C7H3F5O3. The van der Waals surface area contributed by atoms with E-state index in [1.807, 2.05) is 0 Å². The third kappa shape index (κ3) is 1.82. The first-order valence-corrected chi connectivity index (χ1v) is 3.48. The van der Waals surface area contributed by atoms with Crippen LogP contribution in [0.15, 0.2) is 0 Å². The third-order valence-electron chi connectivity index (χ3n) is 1.62. The summed E-state index contributed by atoms with van der Waals surface area (Å²) in [6.07, 6.45) is -7.77. The normalized spacial score (nSPS) is 26.8. The van der Waals surface area contributed by atoms with Gasteiger partial charge < -0.3 is 9.47 Å². The number of carbonyl (C=O) groups is 1. The topological polar surface area (TPSA) is 35.5 Å². The summed E-state index contributed by atoms with van der Waals surface area (Å²) in [4.78, 5) is 10.4. The summed E-state index contributed by atoms with van der Waals surface area (Å²) in [6, 6.07) is 0. The summed E-state index contributed by atoms with van der Waals surface area (Å²) in [5.74, 6) is -3.77. The maximum atomic E-state index is 12.7. The maximum Gasteiger partial charge on any atom is 0.510 e. The van der Waals surface area contributed by atoms with Crippen LogP contribution in [0, 0.1) is 12.3 Å². The molecule has 2 unspecified atom stereocenters. The number of hydrogen-bond donors (Lipinski definition) is 0. The molecule has 84 valence electrons. The van der Waals surface area contributed by atoms with Gasteiger partial charge in [-0.05, 0) is 0 Å². The minimum atomic E-state index is -5.86. The molecule has 1 rings (SSSR count). The Hall–Kier alpha value is -1.52. The highest BCUT2D eigenvalue weighted by Gasteiger charge is 2.68. The molecule has 1 saturated heterocycles. The molecular weight excluding hydrogens is 227 g/mol. The van der Waals surface area contributed by atoms with Crippen molar-refractivity contribution in [2.75, 3.05) is 0 Å². The molecule has 0 aromatic carbocycles. The van der Waals surface area contributed by atoms with E-state index in [1.54, 1.807) is 0 Å². The van der Waals surface area contributed by atoms with Crippen LogP contribution in [0.25, 0.3) is 0 Å². The number of hydrogen-bond acceptors (Lipinski definition) is 3. The highest BCUT2D eigenvalue weighted by Crippen LogP contribution is 2.42. The predicted molar refractivity (Wildman–Crippen MR) is 35.0 cm³/mol. The molecule has 0 spiro atoms. The molecule has 1 aliphatic rings. The van der Waals surface area contributed by atoms with Gasteiger partial charge in [-0.3, -0.25) is 0 Å². The SMILES string of the molecule is C#CC1OC(=O)OC1C(F)(F)C(F)(F)F. The van der Waals surface area contributed by atoms with Gasteiger partial charge in [-0.15, -0.1) is 6.42 Å². The number of ether oxygens (including phenoxy) is 2. The van der Waals surface area contributed by atoms with Crippen LogP contribution in [-0.2, 0) is 9.47 Å². The molecule has 1 aliphatic heterocycles. The van der Waals surface area contributed by atoms with E-state index >= 15 is 0 Å². The smallest absolute Gasteiger partial charge is 0.419 e. The van der Waals surface area contributed by atoms with Crippen molar-refractivity contribution in [2.45, 2.75) is 24.3 Å². The van der Waals surface area contributed by atoms with Crippen molar-refractivity contribution in [1.82, 2.24) is 0 Å². The van der Waals surface area contributed by atoms with E-state index in [0.717, 1.165) is 0 Å². The molecule has 0 N–H and O–H groups in total. The molecule has 0 amide bonds. The minimum Gasteiger partial charge on any atom is -0.419 e. The molecule has 0 radical (unpaired) electrons. The van der Waals surface area contributed by atoms with Gasteiger partial charge in [0.15, 0.2) is 0 Å². The fraction of sp³-hybridized carbons (Fsp3) is 0.571. The standard InChI is InChI=1S/C7H3F5O3/c1-2-3-4(15-5(13)14-3)6(8,9)7(10,11)12/h1,3-4H. The number of terminal acetylenes is 1. The second-order valence-electron chi connectivity index (χ2n) is 2.61. The molecule has 15 heavy (non-hydrogen) atoms. The van der Waals surface area contributed by atoms with Crippen LogP contribution in [0.3, 0.4) is 0 Å². The Kier molecular flexibility index (Phi) is 2.51. The quantitative estimate of drug-likeness (QED) is 0.391. The lowest BCUT2D eigenvalue weighted by Gasteiger charge is -2.24. The summed E-state index contributed by atoms with van der Waals surface area (Å²) >= 11 is 0. The van der Waals surface area contributed by atoms with Gasteiger partial charge >= 0.3 is 18.3 Å². The number of halogens is 5. The molecule has 8 heteroatoms. The number of alkyl halides is 5. The van der Waals surface area contributed by atoms with Gasteiger partial charge in [0.05, 0.1) is 0 Å². The number of carbonyl (C=O) groups excluding carboxylic acids is 1. The zero-order valence-electron chi connectivity index (χ0n) is 6.85.